The number of piperidine rings is 1. The van der Waals surface area contributed by atoms with E-state index < -0.39 is 43.5 Å². The second-order valence-corrected chi connectivity index (χ2v) is 10.2. The summed E-state index contributed by atoms with van der Waals surface area (Å²) in [6.07, 6.45) is 0.662. The number of amides is 1. The lowest BCUT2D eigenvalue weighted by Crippen LogP contribution is -2.46. The first-order chi connectivity index (χ1) is 13.6. The van der Waals surface area contributed by atoms with Gasteiger partial charge in [0.05, 0.1) is 15.7 Å². The molecule has 0 unspecified atom stereocenters. The van der Waals surface area contributed by atoms with Crippen molar-refractivity contribution in [3.05, 3.63) is 60.2 Å². The van der Waals surface area contributed by atoms with Crippen LogP contribution in [0.1, 0.15) is 12.8 Å². The Morgan fingerprint density at radius 3 is 1.97 bits per heavy atom. The van der Waals surface area contributed by atoms with Crippen molar-refractivity contribution in [1.82, 2.24) is 9.03 Å². The molecule has 1 heterocycles. The molecule has 2 aromatic rings. The molecule has 156 valence electrons. The summed E-state index contributed by atoms with van der Waals surface area (Å²) in [4.78, 5) is 12.1. The van der Waals surface area contributed by atoms with Crippen LogP contribution >= 0.6 is 0 Å². The Bertz CT molecular complexity index is 1100. The monoisotopic (exact) mass is 444 g/mol. The van der Waals surface area contributed by atoms with Gasteiger partial charge in [-0.25, -0.2) is 30.3 Å². The summed E-state index contributed by atoms with van der Waals surface area (Å²) in [7, 11) is -8.16. The van der Waals surface area contributed by atoms with Crippen LogP contribution in [-0.2, 0) is 24.8 Å². The third kappa shape index (κ3) is 4.80. The number of benzene rings is 2. The molecule has 0 aromatic heterocycles. The molecule has 29 heavy (non-hydrogen) atoms. The summed E-state index contributed by atoms with van der Waals surface area (Å²) in [5.74, 6) is -2.92. The van der Waals surface area contributed by atoms with Gasteiger partial charge in [-0.15, -0.1) is 0 Å². The Morgan fingerprint density at radius 2 is 1.41 bits per heavy atom. The molecule has 11 heteroatoms. The van der Waals surface area contributed by atoms with Gasteiger partial charge in [0.25, 0.3) is 10.0 Å². The van der Waals surface area contributed by atoms with E-state index in [1.54, 1.807) is 0 Å². The summed E-state index contributed by atoms with van der Waals surface area (Å²) in [6, 6.07) is 8.27. The van der Waals surface area contributed by atoms with E-state index >= 15 is 0 Å². The van der Waals surface area contributed by atoms with Crippen LogP contribution in [0.3, 0.4) is 0 Å². The summed E-state index contributed by atoms with van der Waals surface area (Å²) in [6.45, 7) is -0.0430. The lowest BCUT2D eigenvalue weighted by atomic mass is 9.99. The van der Waals surface area contributed by atoms with Gasteiger partial charge in [0, 0.05) is 13.1 Å². The number of carbonyl (C=O) groups is 1. The molecular formula is C18H18F2N2O5S2. The van der Waals surface area contributed by atoms with Crippen LogP contribution in [0.4, 0.5) is 8.78 Å². The largest absolute Gasteiger partial charge is 0.274 e. The number of halogens is 2. The minimum absolute atomic E-state index is 0.112. The molecule has 0 spiro atoms. The predicted molar refractivity (Wildman–Crippen MR) is 99.6 cm³/mol. The number of hydrogen-bond donors (Lipinski definition) is 1. The number of carbonyl (C=O) groups excluding carboxylic acids is 1. The van der Waals surface area contributed by atoms with E-state index in [1.165, 1.54) is 0 Å². The normalized spacial score (nSPS) is 18.3. The first-order valence-corrected chi connectivity index (χ1v) is 11.6. The lowest BCUT2D eigenvalue weighted by molar-refractivity contribution is -0.124. The molecule has 3 rings (SSSR count). The molecule has 0 bridgehead atoms. The van der Waals surface area contributed by atoms with Gasteiger partial charge in [-0.05, 0) is 61.4 Å². The molecule has 0 saturated carbocycles. The Labute approximate surface area is 167 Å². The van der Waals surface area contributed by atoms with Gasteiger partial charge >= 0.3 is 0 Å². The topological polar surface area (TPSA) is 101 Å². The minimum atomic E-state index is -4.21. The van der Waals surface area contributed by atoms with Gasteiger partial charge in [0.2, 0.25) is 15.9 Å². The third-order valence-corrected chi connectivity index (χ3v) is 7.81. The molecular weight excluding hydrogens is 426 g/mol. The molecule has 2 aromatic carbocycles. The quantitative estimate of drug-likeness (QED) is 0.759. The average molecular weight is 444 g/mol. The van der Waals surface area contributed by atoms with E-state index in [4.69, 9.17) is 0 Å². The van der Waals surface area contributed by atoms with E-state index in [0.717, 1.165) is 52.8 Å². The summed E-state index contributed by atoms with van der Waals surface area (Å²) in [5.41, 5.74) is 0. The molecule has 1 saturated heterocycles. The molecule has 7 nitrogen and oxygen atoms in total. The van der Waals surface area contributed by atoms with Crippen molar-refractivity contribution >= 4 is 26.0 Å². The Kier molecular flexibility index (Phi) is 6.01. The molecule has 1 aliphatic heterocycles. The average Bonchev–Trinajstić information content (AvgIpc) is 2.68. The first-order valence-electron chi connectivity index (χ1n) is 8.67. The molecule has 1 amide bonds. The van der Waals surface area contributed by atoms with Crippen molar-refractivity contribution in [3.63, 3.8) is 0 Å². The summed E-state index contributed by atoms with van der Waals surface area (Å²) >= 11 is 0. The van der Waals surface area contributed by atoms with Gasteiger partial charge in [-0.3, -0.25) is 4.79 Å². The van der Waals surface area contributed by atoms with Gasteiger partial charge in [-0.2, -0.15) is 4.31 Å². The Morgan fingerprint density at radius 1 is 0.897 bits per heavy atom. The fourth-order valence-corrected chi connectivity index (χ4v) is 5.59. The number of hydrogen-bond acceptors (Lipinski definition) is 5. The van der Waals surface area contributed by atoms with E-state index in [0.29, 0.717) is 12.8 Å². The second-order valence-electron chi connectivity index (χ2n) is 6.58. The van der Waals surface area contributed by atoms with E-state index in [9.17, 15) is 30.4 Å². The summed E-state index contributed by atoms with van der Waals surface area (Å²) in [5, 5.41) is 0. The maximum atomic E-state index is 13.1. The second kappa shape index (κ2) is 8.17. The fraction of sp³-hybridized carbons (Fsp3) is 0.278. The van der Waals surface area contributed by atoms with Crippen molar-refractivity contribution in [2.24, 2.45) is 5.92 Å². The zero-order valence-corrected chi connectivity index (χ0v) is 16.7. The zero-order valence-electron chi connectivity index (χ0n) is 15.1. The fourth-order valence-electron chi connectivity index (χ4n) is 3.02. The third-order valence-electron chi connectivity index (χ3n) is 4.57. The molecule has 1 fully saturated rings. The minimum Gasteiger partial charge on any atom is -0.274 e. The highest BCUT2D eigenvalue weighted by Crippen LogP contribution is 2.24. The van der Waals surface area contributed by atoms with E-state index in [2.05, 4.69) is 0 Å². The van der Waals surface area contributed by atoms with Crippen molar-refractivity contribution in [1.29, 1.82) is 0 Å². The van der Waals surface area contributed by atoms with Gasteiger partial charge in [0.15, 0.2) is 0 Å². The number of nitrogens with one attached hydrogen (secondary N) is 1. The Hall–Kier alpha value is -2.37. The van der Waals surface area contributed by atoms with Crippen LogP contribution in [0.2, 0.25) is 0 Å². The Balaban J connectivity index is 1.74. The highest BCUT2D eigenvalue weighted by Gasteiger charge is 2.34. The molecule has 0 radical (unpaired) electrons. The molecule has 0 aliphatic carbocycles. The van der Waals surface area contributed by atoms with Crippen molar-refractivity contribution in [2.45, 2.75) is 22.6 Å². The smallest absolute Gasteiger partial charge is 0.264 e. The predicted octanol–water partition coefficient (Wildman–Crippen LogP) is 1.87. The highest BCUT2D eigenvalue weighted by molar-refractivity contribution is 7.90. The molecule has 1 atom stereocenters. The van der Waals surface area contributed by atoms with Gasteiger partial charge < -0.3 is 0 Å². The van der Waals surface area contributed by atoms with Crippen LogP contribution in [0.25, 0.3) is 0 Å². The first kappa shape index (κ1) is 21.3. The van der Waals surface area contributed by atoms with Crippen molar-refractivity contribution in [3.8, 4) is 0 Å². The highest BCUT2D eigenvalue weighted by atomic mass is 32.2. The van der Waals surface area contributed by atoms with Crippen LogP contribution in [0, 0.1) is 17.6 Å². The maximum Gasteiger partial charge on any atom is 0.264 e. The van der Waals surface area contributed by atoms with E-state index in [1.807, 2.05) is 4.72 Å². The van der Waals surface area contributed by atoms with E-state index in [-0.39, 0.29) is 22.9 Å². The van der Waals surface area contributed by atoms with Crippen LogP contribution in [0.5, 0.6) is 0 Å². The molecule has 1 N–H and O–H groups in total. The van der Waals surface area contributed by atoms with Gasteiger partial charge in [-0.1, -0.05) is 0 Å². The SMILES string of the molecule is O=C(NS(=O)(=O)c1ccc(F)cc1)[C@H]1CCCN(S(=O)(=O)c2ccc(F)cc2)C1. The maximum absolute atomic E-state index is 13.1. The number of sulfonamides is 2. The lowest BCUT2D eigenvalue weighted by Gasteiger charge is -2.31. The zero-order chi connectivity index (χ0) is 21.2. The van der Waals surface area contributed by atoms with Crippen LogP contribution in [-0.4, -0.2) is 40.1 Å². The van der Waals surface area contributed by atoms with Gasteiger partial charge in [0.1, 0.15) is 11.6 Å². The number of nitrogens with zero attached hydrogens (tertiary/aromatic N) is 1. The van der Waals surface area contributed by atoms with Crippen molar-refractivity contribution < 1.29 is 30.4 Å². The standard InChI is InChI=1S/C18H18F2N2O5S2/c19-14-3-7-16(8-4-14)28(24,25)21-18(23)13-2-1-11-22(12-13)29(26,27)17-9-5-15(20)6-10-17/h3-10,13H,1-2,11-12H2,(H,21,23)/t13-/m0/s1. The van der Waals surface area contributed by atoms with Crippen LogP contribution in [0.15, 0.2) is 58.3 Å². The molecule has 1 aliphatic rings. The summed E-state index contributed by atoms with van der Waals surface area (Å²) < 4.78 is 79.1. The van der Waals surface area contributed by atoms with Crippen LogP contribution < -0.4 is 4.72 Å². The number of rotatable bonds is 5. The van der Waals surface area contributed by atoms with Crippen molar-refractivity contribution in [2.75, 3.05) is 13.1 Å².